The number of carbonyl (C=O) groups excluding carboxylic acids is 2. The van der Waals surface area contributed by atoms with E-state index in [1.807, 2.05) is 0 Å². The van der Waals surface area contributed by atoms with Crippen LogP contribution in [0.1, 0.15) is 22.1 Å². The summed E-state index contributed by atoms with van der Waals surface area (Å²) in [6.07, 6.45) is 0. The van der Waals surface area contributed by atoms with Crippen LogP contribution < -0.4 is 62.9 Å². The molecule has 0 aromatic heterocycles. The van der Waals surface area contributed by atoms with Crippen molar-refractivity contribution >= 4 is 22.6 Å². The number of hydrogen-bond acceptors (Lipinski definition) is 2. The van der Waals surface area contributed by atoms with E-state index < -0.39 is 11.8 Å². The van der Waals surface area contributed by atoms with E-state index >= 15 is 0 Å². The monoisotopic (exact) mass is 254 g/mol. The molecule has 0 aliphatic rings. The Kier molecular flexibility index (Phi) is 4.85. The third-order valence-electron chi connectivity index (χ3n) is 2.44. The van der Waals surface area contributed by atoms with Crippen molar-refractivity contribution in [2.45, 2.75) is 0 Å². The molecule has 0 atom stereocenters. The van der Waals surface area contributed by atoms with Gasteiger partial charge in [0.05, 0.1) is 0 Å². The van der Waals surface area contributed by atoms with Gasteiger partial charge < -0.3 is 12.9 Å². The maximum absolute atomic E-state index is 11.3. The maximum Gasteiger partial charge on any atom is 1.00 e. The zero-order valence-electron chi connectivity index (χ0n) is 10.4. The van der Waals surface area contributed by atoms with Gasteiger partial charge in [0.1, 0.15) is 0 Å². The number of nitrogens with two attached hydrogens (primary N) is 2. The van der Waals surface area contributed by atoms with Crippen LogP contribution >= 0.6 is 0 Å². The molecule has 0 aliphatic heterocycles. The second-order valence-corrected chi connectivity index (χ2v) is 3.44. The molecule has 4 N–H and O–H groups in total. The van der Waals surface area contributed by atoms with Crippen LogP contribution in [0.3, 0.4) is 0 Å². The average molecular weight is 254 g/mol. The number of hydrogen-bond donors (Lipinski definition) is 2. The van der Waals surface area contributed by atoms with Crippen molar-refractivity contribution in [3.63, 3.8) is 0 Å². The summed E-state index contributed by atoms with van der Waals surface area (Å²) in [6.45, 7) is 0. The SMILES string of the molecule is NC(=O)c1cccc2cccc(C(N)=O)c12.[H-].[K+]. The Morgan fingerprint density at radius 1 is 0.882 bits per heavy atom. The minimum atomic E-state index is -0.570. The van der Waals surface area contributed by atoms with Gasteiger partial charge in [-0.1, -0.05) is 24.3 Å². The summed E-state index contributed by atoms with van der Waals surface area (Å²) in [6, 6.07) is 10.2. The van der Waals surface area contributed by atoms with Crippen molar-refractivity contribution in [3.05, 3.63) is 47.5 Å². The molecule has 0 fully saturated rings. The molecule has 0 unspecified atom stereocenters. The molecule has 0 saturated heterocycles. The third-order valence-corrected chi connectivity index (χ3v) is 2.44. The average Bonchev–Trinajstić information content (AvgIpc) is 2.27. The van der Waals surface area contributed by atoms with Gasteiger partial charge in [0.15, 0.2) is 0 Å². The molecular formula is C12H11KN2O2. The van der Waals surface area contributed by atoms with Gasteiger partial charge in [-0.3, -0.25) is 9.59 Å². The molecule has 5 heteroatoms. The van der Waals surface area contributed by atoms with Crippen LogP contribution in [0, 0.1) is 0 Å². The molecule has 0 spiro atoms. The first-order valence-corrected chi connectivity index (χ1v) is 4.72. The number of primary amides is 2. The first-order valence-electron chi connectivity index (χ1n) is 4.72. The predicted molar refractivity (Wildman–Crippen MR) is 62.1 cm³/mol. The van der Waals surface area contributed by atoms with Gasteiger partial charge in [-0.25, -0.2) is 0 Å². The predicted octanol–water partition coefficient (Wildman–Crippen LogP) is -1.85. The molecule has 2 amide bonds. The normalized spacial score (nSPS) is 9.65. The van der Waals surface area contributed by atoms with E-state index in [2.05, 4.69) is 0 Å². The van der Waals surface area contributed by atoms with Gasteiger partial charge in [-0.2, -0.15) is 0 Å². The third kappa shape index (κ3) is 2.75. The van der Waals surface area contributed by atoms with Gasteiger partial charge >= 0.3 is 51.4 Å². The number of benzene rings is 2. The molecule has 2 aromatic rings. The van der Waals surface area contributed by atoms with Gasteiger partial charge in [0.2, 0.25) is 11.8 Å². The Morgan fingerprint density at radius 3 is 1.65 bits per heavy atom. The minimum Gasteiger partial charge on any atom is -1.00 e. The zero-order valence-corrected chi connectivity index (χ0v) is 12.6. The first kappa shape index (κ1) is 14.3. The molecule has 2 rings (SSSR count). The minimum absolute atomic E-state index is 0. The first-order chi connectivity index (χ1) is 7.61. The number of carbonyl (C=O) groups is 2. The van der Waals surface area contributed by atoms with E-state index in [9.17, 15) is 9.59 Å². The number of amides is 2. The van der Waals surface area contributed by atoms with Crippen molar-refractivity contribution in [2.75, 3.05) is 0 Å². The fourth-order valence-electron chi connectivity index (χ4n) is 1.75. The summed E-state index contributed by atoms with van der Waals surface area (Å²) < 4.78 is 0. The second kappa shape index (κ2) is 5.75. The van der Waals surface area contributed by atoms with Gasteiger partial charge in [-0.05, 0) is 17.5 Å². The van der Waals surface area contributed by atoms with Crippen LogP contribution in [0.4, 0.5) is 0 Å². The van der Waals surface area contributed by atoms with Crippen molar-refractivity contribution in [1.29, 1.82) is 0 Å². The van der Waals surface area contributed by atoms with Crippen LogP contribution in [0.2, 0.25) is 0 Å². The molecule has 0 radical (unpaired) electrons. The van der Waals surface area contributed by atoms with Gasteiger partial charge in [0, 0.05) is 16.5 Å². The summed E-state index contributed by atoms with van der Waals surface area (Å²) in [5.74, 6) is -1.14. The molecule has 0 bridgehead atoms. The van der Waals surface area contributed by atoms with Gasteiger partial charge in [0.25, 0.3) is 0 Å². The van der Waals surface area contributed by atoms with Crippen LogP contribution in [0.5, 0.6) is 0 Å². The summed E-state index contributed by atoms with van der Waals surface area (Å²) in [5.41, 5.74) is 11.1. The van der Waals surface area contributed by atoms with Crippen LogP contribution in [-0.2, 0) is 0 Å². The summed E-state index contributed by atoms with van der Waals surface area (Å²) in [7, 11) is 0. The Bertz CT molecular complexity index is 553. The van der Waals surface area contributed by atoms with Crippen LogP contribution in [-0.4, -0.2) is 11.8 Å². The Morgan fingerprint density at radius 2 is 1.29 bits per heavy atom. The number of fused-ring (bicyclic) bond motifs is 1. The van der Waals surface area contributed by atoms with Crippen LogP contribution in [0.15, 0.2) is 36.4 Å². The van der Waals surface area contributed by atoms with Gasteiger partial charge in [-0.15, -0.1) is 0 Å². The smallest absolute Gasteiger partial charge is 1.00 e. The molecular weight excluding hydrogens is 243 g/mol. The van der Waals surface area contributed by atoms with E-state index in [0.29, 0.717) is 16.5 Å². The van der Waals surface area contributed by atoms with Crippen molar-refractivity contribution < 1.29 is 62.4 Å². The molecule has 2 aromatic carbocycles. The van der Waals surface area contributed by atoms with E-state index in [0.717, 1.165) is 5.39 Å². The quantitative estimate of drug-likeness (QED) is 0.617. The second-order valence-electron chi connectivity index (χ2n) is 3.44. The molecule has 0 heterocycles. The Balaban J connectivity index is 0.00000144. The molecule has 4 nitrogen and oxygen atoms in total. The van der Waals surface area contributed by atoms with E-state index in [4.69, 9.17) is 11.5 Å². The van der Waals surface area contributed by atoms with Crippen LogP contribution in [0.25, 0.3) is 10.8 Å². The zero-order chi connectivity index (χ0) is 11.7. The summed E-state index contributed by atoms with van der Waals surface area (Å²) in [4.78, 5) is 22.5. The molecule has 82 valence electrons. The molecule has 0 saturated carbocycles. The number of rotatable bonds is 2. The van der Waals surface area contributed by atoms with Crippen molar-refractivity contribution in [2.24, 2.45) is 11.5 Å². The van der Waals surface area contributed by atoms with Crippen molar-refractivity contribution in [3.8, 4) is 0 Å². The molecule has 17 heavy (non-hydrogen) atoms. The topological polar surface area (TPSA) is 86.2 Å². The largest absolute Gasteiger partial charge is 1.00 e. The fraction of sp³-hybridized carbons (Fsp3) is 0. The Hall–Kier alpha value is -0.724. The summed E-state index contributed by atoms with van der Waals surface area (Å²) in [5, 5.41) is 1.29. The van der Waals surface area contributed by atoms with E-state index in [1.165, 1.54) is 0 Å². The maximum atomic E-state index is 11.3. The standard InChI is InChI=1S/C12H10N2O2.K.H/c13-11(15)8-5-1-3-7-4-2-6-9(10(7)8)12(14)16;;/h1-6H,(H2,13,15)(H2,14,16);;/q;+1;-1. The van der Waals surface area contributed by atoms with E-state index in [1.54, 1.807) is 36.4 Å². The van der Waals surface area contributed by atoms with Crippen molar-refractivity contribution in [1.82, 2.24) is 0 Å². The Labute approximate surface area is 142 Å². The fourth-order valence-corrected chi connectivity index (χ4v) is 1.75. The summed E-state index contributed by atoms with van der Waals surface area (Å²) >= 11 is 0. The van der Waals surface area contributed by atoms with E-state index in [-0.39, 0.29) is 52.8 Å². The molecule has 0 aliphatic carbocycles.